The van der Waals surface area contributed by atoms with Gasteiger partial charge in [-0.05, 0) is 46.3 Å². The van der Waals surface area contributed by atoms with E-state index in [4.69, 9.17) is 0 Å². The van der Waals surface area contributed by atoms with Gasteiger partial charge in [0.05, 0.1) is 5.03 Å². The molecule has 0 aromatic carbocycles. The highest BCUT2D eigenvalue weighted by molar-refractivity contribution is 9.10. The molecular weight excluding hydrogens is 338 g/mol. The normalized spacial score (nSPS) is 18.5. The summed E-state index contributed by atoms with van der Waals surface area (Å²) in [6.07, 6.45) is 5.98. The van der Waals surface area contributed by atoms with E-state index in [2.05, 4.69) is 49.0 Å². The van der Waals surface area contributed by atoms with Gasteiger partial charge in [0, 0.05) is 21.8 Å². The van der Waals surface area contributed by atoms with Gasteiger partial charge >= 0.3 is 0 Å². The van der Waals surface area contributed by atoms with Gasteiger partial charge < -0.3 is 0 Å². The van der Waals surface area contributed by atoms with Gasteiger partial charge in [-0.3, -0.25) is 0 Å². The first-order chi connectivity index (χ1) is 7.24. The van der Waals surface area contributed by atoms with Crippen molar-refractivity contribution in [3.63, 3.8) is 0 Å². The summed E-state index contributed by atoms with van der Waals surface area (Å²) >= 11 is 8.90. The number of hydrogen-bond donors (Lipinski definition) is 0. The lowest BCUT2D eigenvalue weighted by Gasteiger charge is -2.40. The van der Waals surface area contributed by atoms with Crippen molar-refractivity contribution < 1.29 is 0 Å². The third-order valence-corrected chi connectivity index (χ3v) is 5.88. The summed E-state index contributed by atoms with van der Waals surface area (Å²) in [6, 6.07) is 4.13. The molecule has 1 aromatic rings. The van der Waals surface area contributed by atoms with Crippen LogP contribution in [0, 0.1) is 5.41 Å². The molecule has 0 saturated heterocycles. The molecule has 1 aliphatic carbocycles. The first-order valence-corrected chi connectivity index (χ1v) is 7.94. The van der Waals surface area contributed by atoms with Crippen LogP contribution in [0.4, 0.5) is 0 Å². The molecule has 0 amide bonds. The van der Waals surface area contributed by atoms with Crippen molar-refractivity contribution >= 4 is 43.6 Å². The van der Waals surface area contributed by atoms with Crippen LogP contribution in [-0.2, 0) is 0 Å². The molecule has 4 heteroatoms. The Morgan fingerprint density at radius 2 is 2.20 bits per heavy atom. The standard InChI is InChI=1S/C11H13Br2NS/c12-7-11(4-1-5-11)8-15-10-3-2-9(13)6-14-10/h2-3,6H,1,4-5,7-8H2. The van der Waals surface area contributed by atoms with Crippen molar-refractivity contribution in [2.24, 2.45) is 5.41 Å². The van der Waals surface area contributed by atoms with Gasteiger partial charge in [-0.25, -0.2) is 4.98 Å². The lowest BCUT2D eigenvalue weighted by molar-refractivity contribution is 0.206. The Hall–Kier alpha value is 0.460. The van der Waals surface area contributed by atoms with Crippen LogP contribution < -0.4 is 0 Å². The van der Waals surface area contributed by atoms with Gasteiger partial charge in [-0.1, -0.05) is 22.4 Å². The average Bonchev–Trinajstić information content (AvgIpc) is 2.20. The number of pyridine rings is 1. The molecule has 2 rings (SSSR count). The Kier molecular flexibility index (Phi) is 4.13. The molecule has 1 nitrogen and oxygen atoms in total. The second-order valence-electron chi connectivity index (χ2n) is 4.09. The number of aromatic nitrogens is 1. The van der Waals surface area contributed by atoms with E-state index in [-0.39, 0.29) is 0 Å². The van der Waals surface area contributed by atoms with Gasteiger partial charge in [0.1, 0.15) is 0 Å². The minimum Gasteiger partial charge on any atom is -0.249 e. The van der Waals surface area contributed by atoms with Crippen molar-refractivity contribution in [2.75, 3.05) is 11.1 Å². The highest BCUT2D eigenvalue weighted by Crippen LogP contribution is 2.45. The highest BCUT2D eigenvalue weighted by atomic mass is 79.9. The maximum atomic E-state index is 4.37. The second-order valence-corrected chi connectivity index (χ2v) is 6.56. The van der Waals surface area contributed by atoms with E-state index >= 15 is 0 Å². The molecule has 1 aliphatic rings. The Morgan fingerprint density at radius 3 is 2.67 bits per heavy atom. The third-order valence-electron chi connectivity index (χ3n) is 2.92. The molecule has 15 heavy (non-hydrogen) atoms. The summed E-state index contributed by atoms with van der Waals surface area (Å²) in [7, 11) is 0. The van der Waals surface area contributed by atoms with E-state index in [1.165, 1.54) is 25.0 Å². The molecule has 0 spiro atoms. The summed E-state index contributed by atoms with van der Waals surface area (Å²) in [5, 5.41) is 2.26. The average molecular weight is 351 g/mol. The molecular formula is C11H13Br2NS. The fraction of sp³-hybridized carbons (Fsp3) is 0.545. The van der Waals surface area contributed by atoms with Gasteiger partial charge in [0.25, 0.3) is 0 Å². The topological polar surface area (TPSA) is 12.9 Å². The molecule has 0 atom stereocenters. The zero-order valence-electron chi connectivity index (χ0n) is 8.38. The monoisotopic (exact) mass is 349 g/mol. The highest BCUT2D eigenvalue weighted by Gasteiger charge is 2.35. The van der Waals surface area contributed by atoms with Crippen LogP contribution >= 0.6 is 43.6 Å². The van der Waals surface area contributed by atoms with Crippen molar-refractivity contribution in [3.05, 3.63) is 22.8 Å². The molecule has 0 aliphatic heterocycles. The Bertz CT molecular complexity index is 316. The van der Waals surface area contributed by atoms with Crippen LogP contribution in [-0.4, -0.2) is 16.1 Å². The molecule has 0 unspecified atom stereocenters. The SMILES string of the molecule is BrCC1(CSc2ccc(Br)cn2)CCC1. The molecule has 1 heterocycles. The number of nitrogens with zero attached hydrogens (tertiary/aromatic N) is 1. The fourth-order valence-electron chi connectivity index (χ4n) is 1.67. The lowest BCUT2D eigenvalue weighted by atomic mass is 9.72. The van der Waals surface area contributed by atoms with Crippen molar-refractivity contribution in [1.29, 1.82) is 0 Å². The van der Waals surface area contributed by atoms with Crippen molar-refractivity contribution in [2.45, 2.75) is 24.3 Å². The molecule has 1 saturated carbocycles. The van der Waals surface area contributed by atoms with Gasteiger partial charge in [0.15, 0.2) is 0 Å². The van der Waals surface area contributed by atoms with Gasteiger partial charge in [-0.15, -0.1) is 11.8 Å². The van der Waals surface area contributed by atoms with Crippen molar-refractivity contribution in [3.8, 4) is 0 Å². The molecule has 1 fully saturated rings. The van der Waals surface area contributed by atoms with Crippen LogP contribution in [0.25, 0.3) is 0 Å². The quantitative estimate of drug-likeness (QED) is 0.585. The fourth-order valence-corrected chi connectivity index (χ4v) is 4.06. The second kappa shape index (κ2) is 5.19. The first kappa shape index (κ1) is 11.9. The Labute approximate surface area is 112 Å². The Morgan fingerprint density at radius 1 is 1.40 bits per heavy atom. The van der Waals surface area contributed by atoms with Crippen LogP contribution in [0.15, 0.2) is 27.8 Å². The van der Waals surface area contributed by atoms with E-state index in [0.29, 0.717) is 5.41 Å². The molecule has 0 bridgehead atoms. The number of halogens is 2. The van der Waals surface area contributed by atoms with E-state index < -0.39 is 0 Å². The number of rotatable bonds is 4. The maximum absolute atomic E-state index is 4.37. The van der Waals surface area contributed by atoms with Crippen LogP contribution in [0.3, 0.4) is 0 Å². The first-order valence-electron chi connectivity index (χ1n) is 5.04. The van der Waals surface area contributed by atoms with E-state index in [9.17, 15) is 0 Å². The summed E-state index contributed by atoms with van der Waals surface area (Å²) < 4.78 is 1.05. The summed E-state index contributed by atoms with van der Waals surface area (Å²) in [5.41, 5.74) is 0.541. The Balaban J connectivity index is 1.90. The largest absolute Gasteiger partial charge is 0.249 e. The molecule has 1 aromatic heterocycles. The smallest absolute Gasteiger partial charge is 0.0960 e. The summed E-state index contributed by atoms with van der Waals surface area (Å²) in [4.78, 5) is 4.37. The minimum absolute atomic E-state index is 0.541. The number of thioether (sulfide) groups is 1. The summed E-state index contributed by atoms with van der Waals surface area (Å²) in [6.45, 7) is 0. The zero-order valence-corrected chi connectivity index (χ0v) is 12.4. The predicted octanol–water partition coefficient (Wildman–Crippen LogP) is 4.50. The van der Waals surface area contributed by atoms with Crippen molar-refractivity contribution in [1.82, 2.24) is 4.98 Å². The van der Waals surface area contributed by atoms with E-state index in [1.54, 1.807) is 0 Å². The number of alkyl halides is 1. The third kappa shape index (κ3) is 2.98. The van der Waals surface area contributed by atoms with Crippen LogP contribution in [0.2, 0.25) is 0 Å². The zero-order chi connectivity index (χ0) is 10.7. The number of hydrogen-bond acceptors (Lipinski definition) is 2. The molecule has 0 N–H and O–H groups in total. The van der Waals surface area contributed by atoms with Crippen LogP contribution in [0.1, 0.15) is 19.3 Å². The maximum Gasteiger partial charge on any atom is 0.0960 e. The van der Waals surface area contributed by atoms with Gasteiger partial charge in [0.2, 0.25) is 0 Å². The molecule has 0 radical (unpaired) electrons. The van der Waals surface area contributed by atoms with Crippen LogP contribution in [0.5, 0.6) is 0 Å². The predicted molar refractivity (Wildman–Crippen MR) is 72.7 cm³/mol. The van der Waals surface area contributed by atoms with E-state index in [0.717, 1.165) is 14.8 Å². The van der Waals surface area contributed by atoms with E-state index in [1.807, 2.05) is 18.0 Å². The lowest BCUT2D eigenvalue weighted by Crippen LogP contribution is -2.33. The minimum atomic E-state index is 0.541. The summed E-state index contributed by atoms with van der Waals surface area (Å²) in [5.74, 6) is 1.19. The van der Waals surface area contributed by atoms with Gasteiger partial charge in [-0.2, -0.15) is 0 Å². The molecule has 82 valence electrons.